The lowest BCUT2D eigenvalue weighted by Crippen LogP contribution is -2.16. The average molecular weight is 326 g/mol. The summed E-state index contributed by atoms with van der Waals surface area (Å²) >= 11 is 0. The van der Waals surface area contributed by atoms with Crippen LogP contribution in [-0.4, -0.2) is 24.1 Å². The van der Waals surface area contributed by atoms with E-state index in [4.69, 9.17) is 9.47 Å². The predicted octanol–water partition coefficient (Wildman–Crippen LogP) is 3.64. The van der Waals surface area contributed by atoms with Gasteiger partial charge in [-0.05, 0) is 37.3 Å². The number of H-pyrrole nitrogens is 1. The van der Waals surface area contributed by atoms with Gasteiger partial charge in [0.2, 0.25) is 0 Å². The van der Waals surface area contributed by atoms with E-state index < -0.39 is 0 Å². The van der Waals surface area contributed by atoms with E-state index in [1.165, 1.54) is 12.1 Å². The Kier molecular flexibility index (Phi) is 3.37. The van der Waals surface area contributed by atoms with Crippen molar-refractivity contribution in [3.8, 4) is 11.5 Å². The number of nitrogens with one attached hydrogen (secondary N) is 2. The van der Waals surface area contributed by atoms with Gasteiger partial charge in [-0.3, -0.25) is 4.79 Å². The number of ether oxygens (including phenoxy) is 2. The maximum atomic E-state index is 13.3. The van der Waals surface area contributed by atoms with Gasteiger partial charge in [-0.2, -0.15) is 0 Å². The Morgan fingerprint density at radius 3 is 2.75 bits per heavy atom. The van der Waals surface area contributed by atoms with Gasteiger partial charge in [-0.25, -0.2) is 4.39 Å². The number of carbonyl (C=O) groups excluding carboxylic acids is 1. The first-order valence-electron chi connectivity index (χ1n) is 7.60. The molecule has 0 atom stereocenters. The molecule has 4 rings (SSSR count). The van der Waals surface area contributed by atoms with Crippen molar-refractivity contribution < 1.29 is 18.7 Å². The van der Waals surface area contributed by atoms with E-state index in [-0.39, 0.29) is 11.7 Å². The van der Waals surface area contributed by atoms with Crippen LogP contribution in [-0.2, 0) is 0 Å². The number of benzene rings is 2. The van der Waals surface area contributed by atoms with Crippen molar-refractivity contribution in [3.63, 3.8) is 0 Å². The molecule has 5 nitrogen and oxygen atoms in total. The third-order valence-corrected chi connectivity index (χ3v) is 3.98. The zero-order valence-corrected chi connectivity index (χ0v) is 13.0. The SMILES string of the molecule is Cc1[nH]c2cc(F)ccc2c1C(=O)Nc1ccc2c(c1)OCCO2. The summed E-state index contributed by atoms with van der Waals surface area (Å²) in [5.41, 5.74) is 2.39. The van der Waals surface area contributed by atoms with Gasteiger partial charge in [0.05, 0.1) is 5.56 Å². The number of amides is 1. The van der Waals surface area contributed by atoms with E-state index in [0.717, 1.165) is 0 Å². The van der Waals surface area contributed by atoms with Crippen molar-refractivity contribution in [1.82, 2.24) is 4.98 Å². The molecule has 1 aliphatic heterocycles. The highest BCUT2D eigenvalue weighted by Gasteiger charge is 2.18. The quantitative estimate of drug-likeness (QED) is 0.756. The molecule has 3 aromatic rings. The van der Waals surface area contributed by atoms with E-state index in [1.807, 2.05) is 0 Å². The molecule has 0 spiro atoms. The van der Waals surface area contributed by atoms with Gasteiger partial charge in [-0.15, -0.1) is 0 Å². The highest BCUT2D eigenvalue weighted by atomic mass is 19.1. The zero-order chi connectivity index (χ0) is 16.7. The molecule has 0 bridgehead atoms. The summed E-state index contributed by atoms with van der Waals surface area (Å²) in [5.74, 6) is 0.666. The molecule has 24 heavy (non-hydrogen) atoms. The molecule has 0 unspecified atom stereocenters. The van der Waals surface area contributed by atoms with E-state index >= 15 is 0 Å². The summed E-state index contributed by atoms with van der Waals surface area (Å²) in [7, 11) is 0. The molecule has 0 fully saturated rings. The standard InChI is InChI=1S/C18H15FN2O3/c1-10-17(13-4-2-11(19)8-14(13)20-10)18(22)21-12-3-5-15-16(9-12)24-7-6-23-15/h2-5,8-9,20H,6-7H2,1H3,(H,21,22). The fraction of sp³-hybridized carbons (Fsp3) is 0.167. The van der Waals surface area contributed by atoms with Crippen LogP contribution in [0.5, 0.6) is 11.5 Å². The highest BCUT2D eigenvalue weighted by molar-refractivity contribution is 6.14. The molecule has 0 saturated heterocycles. The number of rotatable bonds is 2. The first kappa shape index (κ1) is 14.6. The second kappa shape index (κ2) is 5.56. The Hall–Kier alpha value is -3.02. The van der Waals surface area contributed by atoms with Gasteiger partial charge in [0.15, 0.2) is 11.5 Å². The van der Waals surface area contributed by atoms with Gasteiger partial charge >= 0.3 is 0 Å². The lowest BCUT2D eigenvalue weighted by Gasteiger charge is -2.19. The zero-order valence-electron chi connectivity index (χ0n) is 13.0. The third kappa shape index (κ3) is 2.46. The maximum absolute atomic E-state index is 13.3. The fourth-order valence-electron chi connectivity index (χ4n) is 2.91. The van der Waals surface area contributed by atoms with E-state index in [2.05, 4.69) is 10.3 Å². The lowest BCUT2D eigenvalue weighted by molar-refractivity contribution is 0.102. The number of anilines is 1. The summed E-state index contributed by atoms with van der Waals surface area (Å²) in [4.78, 5) is 15.7. The fourth-order valence-corrected chi connectivity index (χ4v) is 2.91. The topological polar surface area (TPSA) is 63.4 Å². The molecule has 0 saturated carbocycles. The van der Waals surface area contributed by atoms with Crippen LogP contribution in [0.1, 0.15) is 16.1 Å². The summed E-state index contributed by atoms with van der Waals surface area (Å²) < 4.78 is 24.3. The van der Waals surface area contributed by atoms with Crippen LogP contribution in [0, 0.1) is 12.7 Å². The number of carbonyl (C=O) groups is 1. The van der Waals surface area contributed by atoms with Crippen LogP contribution in [0.15, 0.2) is 36.4 Å². The van der Waals surface area contributed by atoms with Crippen molar-refractivity contribution in [3.05, 3.63) is 53.5 Å². The molecule has 1 amide bonds. The first-order valence-corrected chi connectivity index (χ1v) is 7.60. The lowest BCUT2D eigenvalue weighted by atomic mass is 10.1. The van der Waals surface area contributed by atoms with Crippen molar-refractivity contribution in [2.45, 2.75) is 6.92 Å². The molecule has 2 N–H and O–H groups in total. The largest absolute Gasteiger partial charge is 0.486 e. The van der Waals surface area contributed by atoms with Crippen LogP contribution >= 0.6 is 0 Å². The Balaban J connectivity index is 1.66. The van der Waals surface area contributed by atoms with Crippen molar-refractivity contribution in [2.24, 2.45) is 0 Å². The third-order valence-electron chi connectivity index (χ3n) is 3.98. The summed E-state index contributed by atoms with van der Waals surface area (Å²) in [6.07, 6.45) is 0. The number of aromatic amines is 1. The van der Waals surface area contributed by atoms with Gasteiger partial charge < -0.3 is 19.8 Å². The van der Waals surface area contributed by atoms with Crippen LogP contribution < -0.4 is 14.8 Å². The van der Waals surface area contributed by atoms with E-state index in [1.54, 1.807) is 31.2 Å². The Morgan fingerprint density at radius 1 is 1.12 bits per heavy atom. The van der Waals surface area contributed by atoms with Crippen LogP contribution in [0.3, 0.4) is 0 Å². The first-order chi connectivity index (χ1) is 11.6. The molecule has 6 heteroatoms. The number of halogens is 1. The Bertz CT molecular complexity index is 949. The molecule has 2 aromatic carbocycles. The van der Waals surface area contributed by atoms with E-state index in [0.29, 0.717) is 52.6 Å². The Morgan fingerprint density at radius 2 is 1.92 bits per heavy atom. The van der Waals surface area contributed by atoms with Crippen molar-refractivity contribution >= 4 is 22.5 Å². The number of aryl methyl sites for hydroxylation is 1. The minimum Gasteiger partial charge on any atom is -0.486 e. The minimum atomic E-state index is -0.345. The summed E-state index contributed by atoms with van der Waals surface area (Å²) in [6.45, 7) is 2.79. The monoisotopic (exact) mass is 326 g/mol. The number of hydrogen-bond donors (Lipinski definition) is 2. The molecule has 1 aliphatic rings. The van der Waals surface area contributed by atoms with Crippen molar-refractivity contribution in [1.29, 1.82) is 0 Å². The molecular weight excluding hydrogens is 311 g/mol. The van der Waals surface area contributed by atoms with Crippen LogP contribution in [0.4, 0.5) is 10.1 Å². The molecule has 1 aromatic heterocycles. The summed E-state index contributed by atoms with van der Waals surface area (Å²) in [6, 6.07) is 9.58. The van der Waals surface area contributed by atoms with Crippen LogP contribution in [0.25, 0.3) is 10.9 Å². The number of fused-ring (bicyclic) bond motifs is 2. The average Bonchev–Trinajstić information content (AvgIpc) is 2.89. The molecule has 0 radical (unpaired) electrons. The Labute approximate surface area is 137 Å². The van der Waals surface area contributed by atoms with Gasteiger partial charge in [0, 0.05) is 28.4 Å². The smallest absolute Gasteiger partial charge is 0.258 e. The second-order valence-electron chi connectivity index (χ2n) is 5.63. The van der Waals surface area contributed by atoms with E-state index in [9.17, 15) is 9.18 Å². The maximum Gasteiger partial charge on any atom is 0.258 e. The molecular formula is C18H15FN2O3. The minimum absolute atomic E-state index is 0.262. The molecule has 0 aliphatic carbocycles. The van der Waals surface area contributed by atoms with Gasteiger partial charge in [0.1, 0.15) is 19.0 Å². The van der Waals surface area contributed by atoms with Gasteiger partial charge in [0.25, 0.3) is 5.91 Å². The second-order valence-corrected chi connectivity index (χ2v) is 5.63. The molecule has 122 valence electrons. The normalized spacial score (nSPS) is 13.1. The highest BCUT2D eigenvalue weighted by Crippen LogP contribution is 2.33. The predicted molar refractivity (Wildman–Crippen MR) is 88.4 cm³/mol. The van der Waals surface area contributed by atoms with Gasteiger partial charge in [-0.1, -0.05) is 0 Å². The van der Waals surface area contributed by atoms with Crippen LogP contribution in [0.2, 0.25) is 0 Å². The summed E-state index contributed by atoms with van der Waals surface area (Å²) in [5, 5.41) is 3.54. The van der Waals surface area contributed by atoms with Crippen molar-refractivity contribution in [2.75, 3.05) is 18.5 Å². The molecule has 2 heterocycles. The number of aromatic nitrogens is 1. The number of hydrogen-bond acceptors (Lipinski definition) is 3.